The second-order valence-electron chi connectivity index (χ2n) is 5.88. The summed E-state index contributed by atoms with van der Waals surface area (Å²) in [6.07, 6.45) is 2.28. The van der Waals surface area contributed by atoms with Crippen LogP contribution < -0.4 is 0 Å². The lowest BCUT2D eigenvalue weighted by Gasteiger charge is -2.40. The summed E-state index contributed by atoms with van der Waals surface area (Å²) in [5, 5.41) is 18.9. The predicted octanol–water partition coefficient (Wildman–Crippen LogP) is 2.70. The minimum Gasteiger partial charge on any atom is -0.481 e. The number of hydrogen-bond donors (Lipinski definition) is 2. The molecule has 0 radical (unpaired) electrons. The van der Waals surface area contributed by atoms with E-state index >= 15 is 0 Å². The van der Waals surface area contributed by atoms with Gasteiger partial charge in [0, 0.05) is 0 Å². The molecule has 1 fully saturated rings. The minimum absolute atomic E-state index is 0.229. The Morgan fingerprint density at radius 2 is 2.05 bits per heavy atom. The highest BCUT2D eigenvalue weighted by atomic mass is 16.5. The maximum atomic E-state index is 11.7. The first-order chi connectivity index (χ1) is 9.29. The van der Waals surface area contributed by atoms with Gasteiger partial charge in [0.25, 0.3) is 0 Å². The van der Waals surface area contributed by atoms with Gasteiger partial charge in [0.05, 0.1) is 24.0 Å². The molecule has 1 saturated carbocycles. The van der Waals surface area contributed by atoms with Gasteiger partial charge in [0.1, 0.15) is 0 Å². The fraction of sp³-hybridized carbons (Fsp3) is 0.733. The van der Waals surface area contributed by atoms with Gasteiger partial charge in [0.15, 0.2) is 0 Å². The highest BCUT2D eigenvalue weighted by molar-refractivity contribution is 5.83. The Kier molecular flexibility index (Phi) is 5.74. The van der Waals surface area contributed by atoms with E-state index in [2.05, 4.69) is 6.58 Å². The van der Waals surface area contributed by atoms with Crippen LogP contribution in [0.2, 0.25) is 0 Å². The molecule has 5 nitrogen and oxygen atoms in total. The van der Waals surface area contributed by atoms with Crippen molar-refractivity contribution in [2.75, 3.05) is 6.61 Å². The van der Waals surface area contributed by atoms with Gasteiger partial charge in [-0.3, -0.25) is 9.59 Å². The molecule has 0 saturated heterocycles. The molecule has 1 aliphatic rings. The molecule has 3 unspecified atom stereocenters. The third-order valence-corrected chi connectivity index (χ3v) is 4.02. The minimum atomic E-state index is -1.21. The summed E-state index contributed by atoms with van der Waals surface area (Å²) in [6, 6.07) is 0. The van der Waals surface area contributed by atoms with Crippen molar-refractivity contribution >= 4 is 11.9 Å². The molecule has 0 aromatic carbocycles. The van der Waals surface area contributed by atoms with Crippen LogP contribution in [0.25, 0.3) is 0 Å². The summed E-state index contributed by atoms with van der Waals surface area (Å²) in [7, 11) is 0. The largest absolute Gasteiger partial charge is 0.481 e. The van der Waals surface area contributed by atoms with Gasteiger partial charge < -0.3 is 14.9 Å². The van der Waals surface area contributed by atoms with Crippen LogP contribution in [0.4, 0.5) is 0 Å². The van der Waals surface area contributed by atoms with Crippen LogP contribution in [0.3, 0.4) is 0 Å². The predicted molar refractivity (Wildman–Crippen MR) is 74.5 cm³/mol. The normalized spacial score (nSPS) is 27.8. The van der Waals surface area contributed by atoms with E-state index < -0.39 is 23.3 Å². The molecule has 0 heterocycles. The number of carboxylic acid groups (broad SMARTS) is 2. The number of aliphatic carboxylic acids is 2. The molecule has 0 spiro atoms. The van der Waals surface area contributed by atoms with Crippen molar-refractivity contribution in [1.29, 1.82) is 0 Å². The van der Waals surface area contributed by atoms with E-state index in [9.17, 15) is 19.8 Å². The Hall–Kier alpha value is -1.36. The van der Waals surface area contributed by atoms with Crippen molar-refractivity contribution in [3.05, 3.63) is 12.2 Å². The SMILES string of the molecule is C=C(C)COC(C)CC1(C(=O)O)CCCCC1C(=O)O. The van der Waals surface area contributed by atoms with Crippen molar-refractivity contribution in [3.8, 4) is 0 Å². The molecule has 0 bridgehead atoms. The molecule has 5 heteroatoms. The van der Waals surface area contributed by atoms with Gasteiger partial charge in [-0.25, -0.2) is 0 Å². The molecule has 114 valence electrons. The Balaban J connectivity index is 2.87. The smallest absolute Gasteiger partial charge is 0.310 e. The monoisotopic (exact) mass is 284 g/mol. The molecule has 20 heavy (non-hydrogen) atoms. The second kappa shape index (κ2) is 6.88. The quantitative estimate of drug-likeness (QED) is 0.702. The third kappa shape index (κ3) is 3.82. The number of ether oxygens (including phenoxy) is 1. The second-order valence-corrected chi connectivity index (χ2v) is 5.88. The Morgan fingerprint density at radius 1 is 1.40 bits per heavy atom. The molecular formula is C15H24O5. The van der Waals surface area contributed by atoms with Crippen molar-refractivity contribution in [1.82, 2.24) is 0 Å². The van der Waals surface area contributed by atoms with E-state index in [0.29, 0.717) is 19.4 Å². The van der Waals surface area contributed by atoms with Crippen LogP contribution in [-0.4, -0.2) is 34.9 Å². The number of carbonyl (C=O) groups is 2. The zero-order valence-corrected chi connectivity index (χ0v) is 12.2. The van der Waals surface area contributed by atoms with Crippen LogP contribution in [-0.2, 0) is 14.3 Å². The first-order valence-corrected chi connectivity index (χ1v) is 7.02. The molecule has 2 N–H and O–H groups in total. The van der Waals surface area contributed by atoms with Gasteiger partial charge >= 0.3 is 11.9 Å². The fourth-order valence-electron chi connectivity index (χ4n) is 3.04. The molecular weight excluding hydrogens is 260 g/mol. The van der Waals surface area contributed by atoms with Crippen molar-refractivity contribution in [2.24, 2.45) is 11.3 Å². The van der Waals surface area contributed by atoms with E-state index in [-0.39, 0.29) is 12.5 Å². The Labute approximate surface area is 119 Å². The first-order valence-electron chi connectivity index (χ1n) is 7.02. The highest BCUT2D eigenvalue weighted by Crippen LogP contribution is 2.45. The van der Waals surface area contributed by atoms with E-state index in [4.69, 9.17) is 4.74 Å². The van der Waals surface area contributed by atoms with Crippen LogP contribution in [0, 0.1) is 11.3 Å². The number of hydrogen-bond acceptors (Lipinski definition) is 3. The lowest BCUT2D eigenvalue weighted by atomic mass is 9.63. The van der Waals surface area contributed by atoms with Gasteiger partial charge in [-0.2, -0.15) is 0 Å². The standard InChI is InChI=1S/C15H24O5/c1-10(2)9-20-11(3)8-15(14(18)19)7-5-4-6-12(15)13(16)17/h11-12H,1,4-9H2,2-3H3,(H,16,17)(H,18,19). The van der Waals surface area contributed by atoms with Crippen LogP contribution in [0.5, 0.6) is 0 Å². The molecule has 0 amide bonds. The van der Waals surface area contributed by atoms with Gasteiger partial charge in [-0.15, -0.1) is 0 Å². The number of rotatable bonds is 7. The van der Waals surface area contributed by atoms with Crippen LogP contribution in [0.1, 0.15) is 46.0 Å². The van der Waals surface area contributed by atoms with Crippen LogP contribution >= 0.6 is 0 Å². The average molecular weight is 284 g/mol. The number of carboxylic acids is 2. The topological polar surface area (TPSA) is 83.8 Å². The maximum Gasteiger partial charge on any atom is 0.310 e. The molecule has 1 rings (SSSR count). The Bertz CT molecular complexity index is 390. The van der Waals surface area contributed by atoms with E-state index in [1.165, 1.54) is 0 Å². The van der Waals surface area contributed by atoms with Crippen molar-refractivity contribution in [3.63, 3.8) is 0 Å². The lowest BCUT2D eigenvalue weighted by Crippen LogP contribution is -2.47. The lowest BCUT2D eigenvalue weighted by molar-refractivity contribution is -0.169. The summed E-state index contributed by atoms with van der Waals surface area (Å²) in [6.45, 7) is 7.73. The van der Waals surface area contributed by atoms with E-state index in [1.54, 1.807) is 6.92 Å². The highest BCUT2D eigenvalue weighted by Gasteiger charge is 2.51. The summed E-state index contributed by atoms with van der Waals surface area (Å²) >= 11 is 0. The molecule has 0 aromatic rings. The summed E-state index contributed by atoms with van der Waals surface area (Å²) in [4.78, 5) is 23.1. The average Bonchev–Trinajstić information content (AvgIpc) is 2.36. The Morgan fingerprint density at radius 3 is 2.55 bits per heavy atom. The fourth-order valence-corrected chi connectivity index (χ4v) is 3.04. The van der Waals surface area contributed by atoms with E-state index in [0.717, 1.165) is 18.4 Å². The molecule has 3 atom stereocenters. The zero-order valence-electron chi connectivity index (χ0n) is 12.2. The zero-order chi connectivity index (χ0) is 15.3. The van der Waals surface area contributed by atoms with Gasteiger partial charge in [-0.05, 0) is 33.1 Å². The third-order valence-electron chi connectivity index (χ3n) is 4.02. The van der Waals surface area contributed by atoms with E-state index in [1.807, 2.05) is 6.92 Å². The van der Waals surface area contributed by atoms with Gasteiger partial charge in [-0.1, -0.05) is 25.0 Å². The maximum absolute atomic E-state index is 11.7. The molecule has 0 aromatic heterocycles. The summed E-state index contributed by atoms with van der Waals surface area (Å²) in [5.41, 5.74) is -0.349. The molecule has 1 aliphatic carbocycles. The van der Waals surface area contributed by atoms with Gasteiger partial charge in [0.2, 0.25) is 0 Å². The van der Waals surface area contributed by atoms with Crippen molar-refractivity contribution in [2.45, 2.75) is 52.1 Å². The van der Waals surface area contributed by atoms with Crippen molar-refractivity contribution < 1.29 is 24.5 Å². The summed E-state index contributed by atoms with van der Waals surface area (Å²) < 4.78 is 5.55. The first kappa shape index (κ1) is 16.7. The van der Waals surface area contributed by atoms with Crippen LogP contribution in [0.15, 0.2) is 12.2 Å². The molecule has 0 aliphatic heterocycles. The summed E-state index contributed by atoms with van der Waals surface area (Å²) in [5.74, 6) is -2.86.